The lowest BCUT2D eigenvalue weighted by Crippen LogP contribution is -2.57. The highest BCUT2D eigenvalue weighted by atomic mass is 16.1. The normalized spacial score (nSPS) is 15.5. The minimum Gasteiger partial charge on any atom is -0.351 e. The summed E-state index contributed by atoms with van der Waals surface area (Å²) in [5.41, 5.74) is 1.13. The fraction of sp³-hybridized carbons (Fsp3) is 0.417. The van der Waals surface area contributed by atoms with Gasteiger partial charge in [-0.3, -0.25) is 4.79 Å². The second kappa shape index (κ2) is 5.63. The maximum atomic E-state index is 11.5. The number of amides is 1. The molecule has 4 heteroatoms. The topological polar surface area (TPSA) is 53.2 Å². The zero-order valence-electron chi connectivity index (χ0n) is 9.20. The van der Waals surface area contributed by atoms with Gasteiger partial charge in [-0.15, -0.1) is 0 Å². The van der Waals surface area contributed by atoms with E-state index in [0.717, 1.165) is 18.7 Å². The van der Waals surface area contributed by atoms with Gasteiger partial charge in [0.05, 0.1) is 6.54 Å². The molecule has 0 saturated carbocycles. The van der Waals surface area contributed by atoms with Crippen molar-refractivity contribution in [3.63, 3.8) is 0 Å². The van der Waals surface area contributed by atoms with Gasteiger partial charge in [-0.1, -0.05) is 30.3 Å². The van der Waals surface area contributed by atoms with E-state index in [1.165, 1.54) is 0 Å². The fourth-order valence-electron chi connectivity index (χ4n) is 1.53. The van der Waals surface area contributed by atoms with E-state index in [0.29, 0.717) is 19.1 Å². The predicted octanol–water partition coefficient (Wildman–Crippen LogP) is -0.136. The molecule has 1 aliphatic rings. The lowest BCUT2D eigenvalue weighted by atomic mass is 10.2. The molecule has 1 fully saturated rings. The van der Waals surface area contributed by atoms with E-state index in [9.17, 15) is 4.79 Å². The van der Waals surface area contributed by atoms with Gasteiger partial charge in [-0.25, -0.2) is 0 Å². The quantitative estimate of drug-likeness (QED) is 0.646. The van der Waals surface area contributed by atoms with Gasteiger partial charge >= 0.3 is 0 Å². The first-order valence-corrected chi connectivity index (χ1v) is 5.59. The van der Waals surface area contributed by atoms with Crippen molar-refractivity contribution in [1.29, 1.82) is 0 Å². The van der Waals surface area contributed by atoms with Crippen LogP contribution in [0.25, 0.3) is 0 Å². The summed E-state index contributed by atoms with van der Waals surface area (Å²) in [6.45, 7) is 2.93. The lowest BCUT2D eigenvalue weighted by molar-refractivity contribution is -0.120. The molecule has 1 aromatic rings. The highest BCUT2D eigenvalue weighted by Gasteiger charge is 2.16. The molecule has 0 aromatic heterocycles. The second-order valence-electron chi connectivity index (χ2n) is 4.00. The summed E-state index contributed by atoms with van der Waals surface area (Å²) < 4.78 is 0. The van der Waals surface area contributed by atoms with E-state index in [2.05, 4.69) is 16.0 Å². The van der Waals surface area contributed by atoms with Crippen molar-refractivity contribution in [2.75, 3.05) is 19.6 Å². The van der Waals surface area contributed by atoms with Gasteiger partial charge in [-0.2, -0.15) is 0 Å². The number of rotatable bonds is 5. The molecular weight excluding hydrogens is 202 g/mol. The molecule has 3 N–H and O–H groups in total. The molecule has 0 spiro atoms. The van der Waals surface area contributed by atoms with Crippen molar-refractivity contribution in [2.24, 2.45) is 0 Å². The van der Waals surface area contributed by atoms with Crippen LogP contribution in [0.3, 0.4) is 0 Å². The molecule has 4 nitrogen and oxygen atoms in total. The molecular formula is C12H17N3O. The van der Waals surface area contributed by atoms with Crippen molar-refractivity contribution in [1.82, 2.24) is 16.0 Å². The number of carbonyl (C=O) groups excluding carboxylic acids is 1. The van der Waals surface area contributed by atoms with Gasteiger partial charge in [-0.05, 0) is 5.56 Å². The Kier molecular flexibility index (Phi) is 3.91. The highest BCUT2D eigenvalue weighted by molar-refractivity contribution is 5.78. The minimum atomic E-state index is 0.0516. The van der Waals surface area contributed by atoms with Crippen LogP contribution in [0.2, 0.25) is 0 Å². The summed E-state index contributed by atoms with van der Waals surface area (Å²) in [5, 5.41) is 9.21. The summed E-state index contributed by atoms with van der Waals surface area (Å²) in [6.07, 6.45) is 0. The Hall–Kier alpha value is -1.39. The van der Waals surface area contributed by atoms with E-state index in [-0.39, 0.29) is 5.91 Å². The highest BCUT2D eigenvalue weighted by Crippen LogP contribution is 1.96. The third-order valence-electron chi connectivity index (χ3n) is 2.67. The van der Waals surface area contributed by atoms with E-state index in [4.69, 9.17) is 0 Å². The molecule has 16 heavy (non-hydrogen) atoms. The Labute approximate surface area is 95.4 Å². The molecule has 1 heterocycles. The Morgan fingerprint density at radius 1 is 1.31 bits per heavy atom. The van der Waals surface area contributed by atoms with E-state index in [1.54, 1.807) is 0 Å². The Morgan fingerprint density at radius 3 is 2.69 bits per heavy atom. The first-order valence-electron chi connectivity index (χ1n) is 5.59. The van der Waals surface area contributed by atoms with Crippen LogP contribution in [0, 0.1) is 0 Å². The summed E-state index contributed by atoms with van der Waals surface area (Å²) in [6, 6.07) is 10.4. The Morgan fingerprint density at radius 2 is 2.06 bits per heavy atom. The number of benzene rings is 1. The molecule has 0 radical (unpaired) electrons. The van der Waals surface area contributed by atoms with Gasteiger partial charge < -0.3 is 16.0 Å². The first kappa shape index (κ1) is 11.1. The third kappa shape index (κ3) is 3.32. The molecule has 1 amide bonds. The molecule has 1 aliphatic heterocycles. The zero-order chi connectivity index (χ0) is 11.2. The second-order valence-corrected chi connectivity index (χ2v) is 4.00. The van der Waals surface area contributed by atoms with Gasteiger partial charge in [0.1, 0.15) is 0 Å². The number of nitrogens with one attached hydrogen (secondary N) is 3. The average Bonchev–Trinajstić information content (AvgIpc) is 2.26. The van der Waals surface area contributed by atoms with E-state index in [1.807, 2.05) is 30.3 Å². The Balaban J connectivity index is 1.63. The first-order chi connectivity index (χ1) is 7.84. The third-order valence-corrected chi connectivity index (χ3v) is 2.67. The molecule has 1 saturated heterocycles. The lowest BCUT2D eigenvalue weighted by Gasteiger charge is -2.27. The molecule has 0 aliphatic carbocycles. The summed E-state index contributed by atoms with van der Waals surface area (Å²) in [5.74, 6) is 0.0516. The molecule has 1 aromatic carbocycles. The van der Waals surface area contributed by atoms with Gasteiger partial charge in [0.25, 0.3) is 0 Å². The summed E-state index contributed by atoms with van der Waals surface area (Å²) in [4.78, 5) is 11.5. The van der Waals surface area contributed by atoms with Crippen molar-refractivity contribution >= 4 is 5.91 Å². The number of hydrogen-bond acceptors (Lipinski definition) is 3. The number of hydrogen-bond donors (Lipinski definition) is 3. The molecule has 0 unspecified atom stereocenters. The fourth-order valence-corrected chi connectivity index (χ4v) is 1.53. The SMILES string of the molecule is O=C(CNC1CNC1)NCc1ccccc1. The van der Waals surface area contributed by atoms with Crippen molar-refractivity contribution in [2.45, 2.75) is 12.6 Å². The maximum Gasteiger partial charge on any atom is 0.234 e. The standard InChI is InChI=1S/C12H17N3O/c16-12(9-14-11-7-13-8-11)15-6-10-4-2-1-3-5-10/h1-5,11,13-14H,6-9H2,(H,15,16). The van der Waals surface area contributed by atoms with Crippen molar-refractivity contribution in [3.8, 4) is 0 Å². The minimum absolute atomic E-state index is 0.0516. The predicted molar refractivity (Wildman–Crippen MR) is 62.9 cm³/mol. The summed E-state index contributed by atoms with van der Waals surface area (Å²) in [7, 11) is 0. The zero-order valence-corrected chi connectivity index (χ0v) is 9.20. The van der Waals surface area contributed by atoms with Crippen LogP contribution in [0.1, 0.15) is 5.56 Å². The molecule has 2 rings (SSSR count). The van der Waals surface area contributed by atoms with Crippen LogP contribution < -0.4 is 16.0 Å². The Bertz CT molecular complexity index is 335. The van der Waals surface area contributed by atoms with E-state index >= 15 is 0 Å². The van der Waals surface area contributed by atoms with Crippen molar-refractivity contribution < 1.29 is 4.79 Å². The van der Waals surface area contributed by atoms with Crippen molar-refractivity contribution in [3.05, 3.63) is 35.9 Å². The molecule has 0 bridgehead atoms. The van der Waals surface area contributed by atoms with Crippen LogP contribution in [0.15, 0.2) is 30.3 Å². The van der Waals surface area contributed by atoms with Crippen LogP contribution >= 0.6 is 0 Å². The van der Waals surface area contributed by atoms with Gasteiger partial charge in [0.15, 0.2) is 0 Å². The average molecular weight is 219 g/mol. The van der Waals surface area contributed by atoms with Gasteiger partial charge in [0.2, 0.25) is 5.91 Å². The monoisotopic (exact) mass is 219 g/mol. The summed E-state index contributed by atoms with van der Waals surface area (Å²) >= 11 is 0. The maximum absolute atomic E-state index is 11.5. The largest absolute Gasteiger partial charge is 0.351 e. The molecule has 0 atom stereocenters. The van der Waals surface area contributed by atoms with Gasteiger partial charge in [0, 0.05) is 25.7 Å². The van der Waals surface area contributed by atoms with E-state index < -0.39 is 0 Å². The molecule has 86 valence electrons. The smallest absolute Gasteiger partial charge is 0.234 e. The van der Waals surface area contributed by atoms with Crippen LogP contribution in [0.4, 0.5) is 0 Å². The van der Waals surface area contributed by atoms with Crippen LogP contribution in [0.5, 0.6) is 0 Å². The van der Waals surface area contributed by atoms with Crippen LogP contribution in [-0.4, -0.2) is 31.6 Å². The van der Waals surface area contributed by atoms with Crippen LogP contribution in [-0.2, 0) is 11.3 Å². The number of carbonyl (C=O) groups is 1.